The Morgan fingerprint density at radius 1 is 1.44 bits per heavy atom. The Kier molecular flexibility index (Phi) is 3.76. The molecule has 0 spiro atoms. The lowest BCUT2D eigenvalue weighted by Gasteiger charge is -2.14. The molecule has 0 aliphatic heterocycles. The summed E-state index contributed by atoms with van der Waals surface area (Å²) in [7, 11) is 0. The van der Waals surface area contributed by atoms with Gasteiger partial charge in [0.1, 0.15) is 5.69 Å². The third-order valence-corrected chi connectivity index (χ3v) is 2.11. The van der Waals surface area contributed by atoms with E-state index in [2.05, 4.69) is 5.32 Å². The second kappa shape index (κ2) is 4.87. The molecule has 0 heterocycles. The van der Waals surface area contributed by atoms with Crippen LogP contribution in [0.1, 0.15) is 12.5 Å². The maximum absolute atomic E-state index is 12.3. The number of rotatable bonds is 4. The van der Waals surface area contributed by atoms with Crippen molar-refractivity contribution in [2.24, 2.45) is 0 Å². The number of nitrogens with one attached hydrogen (secondary N) is 1. The summed E-state index contributed by atoms with van der Waals surface area (Å²) in [5, 5.41) is 13.1. The van der Waals surface area contributed by atoms with Gasteiger partial charge in [-0.15, -0.1) is 0 Å². The van der Waals surface area contributed by atoms with E-state index in [4.69, 9.17) is 0 Å². The molecule has 0 aliphatic rings. The summed E-state index contributed by atoms with van der Waals surface area (Å²) in [6.07, 6.45) is -2.57. The van der Waals surface area contributed by atoms with Gasteiger partial charge in [0.15, 0.2) is 0 Å². The highest BCUT2D eigenvalue weighted by Crippen LogP contribution is 2.26. The molecule has 1 aromatic carbocycles. The molecule has 4 nitrogen and oxygen atoms in total. The quantitative estimate of drug-likeness (QED) is 0.639. The van der Waals surface area contributed by atoms with Crippen molar-refractivity contribution >= 4 is 11.4 Å². The number of hydrogen-bond acceptors (Lipinski definition) is 3. The van der Waals surface area contributed by atoms with Gasteiger partial charge < -0.3 is 5.32 Å². The van der Waals surface area contributed by atoms with Crippen molar-refractivity contribution in [2.75, 3.05) is 5.32 Å². The predicted octanol–water partition coefficient (Wildman–Crippen LogP) is 2.97. The topological polar surface area (TPSA) is 55.2 Å². The summed E-state index contributed by atoms with van der Waals surface area (Å²) in [4.78, 5) is 10.1. The van der Waals surface area contributed by atoms with Crippen molar-refractivity contribution in [2.45, 2.75) is 26.3 Å². The van der Waals surface area contributed by atoms with Gasteiger partial charge in [0.05, 0.1) is 11.0 Å². The highest BCUT2D eigenvalue weighted by molar-refractivity contribution is 5.63. The molecule has 0 radical (unpaired) electrons. The number of nitrogens with zero attached hydrogens (tertiary/aromatic N) is 1. The molecule has 1 N–H and O–H groups in total. The normalized spacial score (nSPS) is 12.6. The zero-order chi connectivity index (χ0) is 12.3. The summed E-state index contributed by atoms with van der Waals surface area (Å²) in [5.41, 5.74) is 0.700. The van der Waals surface area contributed by atoms with Crippen LogP contribution < -0.4 is 5.32 Å². The fraction of sp³-hybridized carbons (Fsp3) is 0.400. The maximum atomic E-state index is 12.3. The van der Waals surface area contributed by atoms with Crippen LogP contribution in [0, 0.1) is 17.0 Å². The van der Waals surface area contributed by atoms with Crippen molar-refractivity contribution in [1.82, 2.24) is 0 Å². The van der Waals surface area contributed by atoms with E-state index < -0.39 is 17.4 Å². The fourth-order valence-corrected chi connectivity index (χ4v) is 1.23. The molecular weight excluding hydrogens is 218 g/mol. The zero-order valence-electron chi connectivity index (χ0n) is 8.91. The van der Waals surface area contributed by atoms with Gasteiger partial charge in [0.25, 0.3) is 12.1 Å². The first-order chi connectivity index (χ1) is 7.41. The van der Waals surface area contributed by atoms with Gasteiger partial charge in [-0.1, -0.05) is 6.07 Å². The number of nitro groups is 1. The van der Waals surface area contributed by atoms with Crippen LogP contribution in [-0.2, 0) is 0 Å². The largest absolute Gasteiger partial charge is 0.371 e. The minimum atomic E-state index is -2.57. The molecule has 88 valence electrons. The zero-order valence-corrected chi connectivity index (χ0v) is 8.91. The first-order valence-electron chi connectivity index (χ1n) is 4.71. The van der Waals surface area contributed by atoms with Crippen molar-refractivity contribution in [3.63, 3.8) is 0 Å². The molecule has 0 saturated heterocycles. The Morgan fingerprint density at radius 3 is 2.56 bits per heavy atom. The second-order valence-electron chi connectivity index (χ2n) is 3.55. The summed E-state index contributed by atoms with van der Waals surface area (Å²) in [6.45, 7) is 3.01. The Bertz CT molecular complexity index is 396. The SMILES string of the molecule is Cc1ccc([N+](=O)[O-])c(NC(C)C(F)F)c1. The molecule has 0 amide bonds. The van der Waals surface area contributed by atoms with Crippen molar-refractivity contribution in [3.05, 3.63) is 33.9 Å². The van der Waals surface area contributed by atoms with Gasteiger partial charge in [-0.25, -0.2) is 8.78 Å². The maximum Gasteiger partial charge on any atom is 0.292 e. The third kappa shape index (κ3) is 2.88. The fourth-order valence-electron chi connectivity index (χ4n) is 1.23. The number of hydrogen-bond donors (Lipinski definition) is 1. The number of halogens is 2. The van der Waals surface area contributed by atoms with E-state index >= 15 is 0 Å². The van der Waals surface area contributed by atoms with Crippen molar-refractivity contribution in [3.8, 4) is 0 Å². The summed E-state index contributed by atoms with van der Waals surface area (Å²) in [6, 6.07) is 3.23. The molecule has 1 aromatic rings. The molecule has 1 unspecified atom stereocenters. The summed E-state index contributed by atoms with van der Waals surface area (Å²) in [5.74, 6) is 0. The van der Waals surface area contributed by atoms with Crippen LogP contribution in [0.3, 0.4) is 0 Å². The number of benzene rings is 1. The first kappa shape index (κ1) is 12.4. The van der Waals surface area contributed by atoms with Gasteiger partial charge >= 0.3 is 0 Å². The van der Waals surface area contributed by atoms with Crippen LogP contribution in [0.15, 0.2) is 18.2 Å². The number of aryl methyl sites for hydroxylation is 1. The Balaban J connectivity index is 3.01. The van der Waals surface area contributed by atoms with Crippen LogP contribution in [0.5, 0.6) is 0 Å². The van der Waals surface area contributed by atoms with Crippen LogP contribution >= 0.6 is 0 Å². The number of alkyl halides is 2. The highest BCUT2D eigenvalue weighted by Gasteiger charge is 2.19. The monoisotopic (exact) mass is 230 g/mol. The van der Waals surface area contributed by atoms with Gasteiger partial charge in [0.2, 0.25) is 0 Å². The summed E-state index contributed by atoms with van der Waals surface area (Å²) >= 11 is 0. The smallest absolute Gasteiger partial charge is 0.292 e. The van der Waals surface area contributed by atoms with E-state index in [0.29, 0.717) is 0 Å². The van der Waals surface area contributed by atoms with Gasteiger partial charge in [0, 0.05) is 6.07 Å². The van der Waals surface area contributed by atoms with E-state index in [1.165, 1.54) is 19.1 Å². The predicted molar refractivity (Wildman–Crippen MR) is 56.9 cm³/mol. The van der Waals surface area contributed by atoms with Crippen LogP contribution in [0.25, 0.3) is 0 Å². The van der Waals surface area contributed by atoms with E-state index in [1.807, 2.05) is 0 Å². The molecule has 16 heavy (non-hydrogen) atoms. The molecule has 0 aliphatic carbocycles. The Morgan fingerprint density at radius 2 is 2.06 bits per heavy atom. The van der Waals surface area contributed by atoms with E-state index in [9.17, 15) is 18.9 Å². The van der Waals surface area contributed by atoms with Crippen molar-refractivity contribution in [1.29, 1.82) is 0 Å². The molecule has 0 saturated carbocycles. The first-order valence-corrected chi connectivity index (χ1v) is 4.71. The average molecular weight is 230 g/mol. The van der Waals surface area contributed by atoms with E-state index in [0.717, 1.165) is 5.56 Å². The van der Waals surface area contributed by atoms with Crippen molar-refractivity contribution < 1.29 is 13.7 Å². The minimum Gasteiger partial charge on any atom is -0.371 e. The molecule has 0 bridgehead atoms. The van der Waals surface area contributed by atoms with Crippen LogP contribution in [0.4, 0.5) is 20.2 Å². The van der Waals surface area contributed by atoms with E-state index in [1.54, 1.807) is 13.0 Å². The lowest BCUT2D eigenvalue weighted by atomic mass is 10.2. The molecular formula is C10H12F2N2O2. The minimum absolute atomic E-state index is 0.123. The van der Waals surface area contributed by atoms with Gasteiger partial charge in [-0.3, -0.25) is 10.1 Å². The number of nitro benzene ring substituents is 1. The molecule has 6 heteroatoms. The lowest BCUT2D eigenvalue weighted by Crippen LogP contribution is -2.24. The van der Waals surface area contributed by atoms with Gasteiger partial charge in [-0.2, -0.15) is 0 Å². The second-order valence-corrected chi connectivity index (χ2v) is 3.55. The number of anilines is 1. The molecule has 1 rings (SSSR count). The van der Waals surface area contributed by atoms with Gasteiger partial charge in [-0.05, 0) is 25.5 Å². The molecule has 0 aromatic heterocycles. The lowest BCUT2D eigenvalue weighted by molar-refractivity contribution is -0.384. The average Bonchev–Trinajstić information content (AvgIpc) is 2.16. The van der Waals surface area contributed by atoms with Crippen LogP contribution in [0.2, 0.25) is 0 Å². The highest BCUT2D eigenvalue weighted by atomic mass is 19.3. The Labute approximate surface area is 91.4 Å². The third-order valence-electron chi connectivity index (χ3n) is 2.11. The molecule has 0 fully saturated rings. The van der Waals surface area contributed by atoms with E-state index in [-0.39, 0.29) is 11.4 Å². The Hall–Kier alpha value is -1.72. The van der Waals surface area contributed by atoms with Crippen LogP contribution in [-0.4, -0.2) is 17.4 Å². The molecule has 1 atom stereocenters. The summed E-state index contributed by atoms with van der Waals surface area (Å²) < 4.78 is 24.6. The standard InChI is InChI=1S/C10H12F2N2O2/c1-6-3-4-9(14(15)16)8(5-6)13-7(2)10(11)12/h3-5,7,10,13H,1-2H3.